The molecule has 0 aliphatic rings. The number of hydrogen-bond donors (Lipinski definition) is 1. The van der Waals surface area contributed by atoms with Gasteiger partial charge in [0.05, 0.1) is 0 Å². The first-order valence-electron chi connectivity index (χ1n) is 1.12. The second kappa shape index (κ2) is 2.03. The minimum Gasteiger partial charge on any atom is -0.283 e. The highest BCUT2D eigenvalue weighted by molar-refractivity contribution is 7.97. The van der Waals surface area contributed by atoms with E-state index in [1.165, 1.54) is 0 Å². The molecule has 0 aromatic heterocycles. The van der Waals surface area contributed by atoms with Crippen molar-refractivity contribution in [2.24, 2.45) is 0 Å². The average Bonchev–Trinajstić information content (AvgIpc) is 1.38. The zero-order chi connectivity index (χ0) is 4.28. The van der Waals surface area contributed by atoms with Crippen molar-refractivity contribution in [2.45, 2.75) is 0 Å². The molecule has 0 fully saturated rings. The van der Waals surface area contributed by atoms with Crippen LogP contribution in [0.2, 0.25) is 0 Å². The number of thiol groups is 1. The van der Waals surface area contributed by atoms with Crippen LogP contribution in [0.25, 0.3) is 0 Å². The molecular formula is C3H4OS. The summed E-state index contributed by atoms with van der Waals surface area (Å²) in [5.74, 6) is 0. The minimum atomic E-state index is -0.287. The molecule has 0 saturated heterocycles. The molecule has 28 valence electrons. The smallest absolute Gasteiger partial charge is 0.208 e. The molecule has 0 unspecified atom stereocenters. The normalized spacial score (nSPS) is 6.60. The summed E-state index contributed by atoms with van der Waals surface area (Å²) in [6, 6.07) is 0. The molecule has 0 aromatic rings. The Balaban J connectivity index is 3.20. The molecule has 0 spiro atoms. The summed E-state index contributed by atoms with van der Waals surface area (Å²) in [5, 5.41) is -0.287. The summed E-state index contributed by atoms with van der Waals surface area (Å²) in [5.41, 5.74) is 0. The number of hydrogen-bond acceptors (Lipinski definition) is 1. The van der Waals surface area contributed by atoms with Crippen molar-refractivity contribution in [1.29, 1.82) is 0 Å². The summed E-state index contributed by atoms with van der Waals surface area (Å²) in [7, 11) is 0. The molecule has 0 rings (SSSR count). The van der Waals surface area contributed by atoms with E-state index in [0.717, 1.165) is 6.08 Å². The zero-order valence-electron chi connectivity index (χ0n) is 2.64. The minimum absolute atomic E-state index is 0.287. The van der Waals surface area contributed by atoms with Gasteiger partial charge in [0, 0.05) is 0 Å². The van der Waals surface area contributed by atoms with E-state index in [-0.39, 0.29) is 5.12 Å². The second-order valence-electron chi connectivity index (χ2n) is 0.542. The first-order valence-corrected chi connectivity index (χ1v) is 1.57. The maximum absolute atomic E-state index is 9.56. The molecule has 0 radical (unpaired) electrons. The van der Waals surface area contributed by atoms with E-state index in [1.54, 1.807) is 0 Å². The van der Waals surface area contributed by atoms with Crippen LogP contribution in [-0.2, 0) is 4.79 Å². The van der Waals surface area contributed by atoms with Gasteiger partial charge < -0.3 is 0 Å². The number of carbonyl (C=O) groups excluding carboxylic acids is 1. The molecule has 0 aliphatic heterocycles. The van der Waals surface area contributed by atoms with Crippen LogP contribution in [0.3, 0.4) is 0 Å². The van der Waals surface area contributed by atoms with Gasteiger partial charge in [0.15, 0.2) is 0 Å². The lowest BCUT2D eigenvalue weighted by molar-refractivity contribution is -0.106. The Labute approximate surface area is 36.1 Å². The van der Waals surface area contributed by atoms with Crippen molar-refractivity contribution in [3.05, 3.63) is 12.7 Å². The van der Waals surface area contributed by atoms with E-state index < -0.39 is 0 Å². The van der Waals surface area contributed by atoms with Crippen molar-refractivity contribution >= 4 is 17.7 Å². The molecule has 0 amide bonds. The fourth-order valence-electron chi connectivity index (χ4n) is 0. The van der Waals surface area contributed by atoms with Gasteiger partial charge in [0.25, 0.3) is 0 Å². The molecule has 2 heteroatoms. The van der Waals surface area contributed by atoms with Gasteiger partial charge in [-0.1, -0.05) is 6.58 Å². The summed E-state index contributed by atoms with van der Waals surface area (Å²) in [6.07, 6.45) is 1.14. The molecule has 0 heterocycles. The third-order valence-corrected chi connectivity index (χ3v) is 0.357. The van der Waals surface area contributed by atoms with Gasteiger partial charge in [0.1, 0.15) is 0 Å². The van der Waals surface area contributed by atoms with E-state index in [0.29, 0.717) is 0 Å². The van der Waals surface area contributed by atoms with Crippen molar-refractivity contribution in [2.75, 3.05) is 0 Å². The van der Waals surface area contributed by atoms with E-state index in [2.05, 4.69) is 19.2 Å². The Morgan fingerprint density at radius 2 is 2.20 bits per heavy atom. The van der Waals surface area contributed by atoms with Gasteiger partial charge in [-0.2, -0.15) is 0 Å². The number of rotatable bonds is 1. The number of carbonyl (C=O) groups is 1. The van der Waals surface area contributed by atoms with E-state index in [4.69, 9.17) is 0 Å². The lowest BCUT2D eigenvalue weighted by atomic mass is 10.7. The highest BCUT2D eigenvalue weighted by Gasteiger charge is 1.71. The van der Waals surface area contributed by atoms with Gasteiger partial charge in [-0.3, -0.25) is 4.79 Å². The first kappa shape index (κ1) is 4.76. The van der Waals surface area contributed by atoms with Crippen LogP contribution >= 0.6 is 12.6 Å². The topological polar surface area (TPSA) is 17.1 Å². The Morgan fingerprint density at radius 1 is 2.00 bits per heavy atom. The third kappa shape index (κ3) is 3.76. The van der Waals surface area contributed by atoms with Gasteiger partial charge in [0.2, 0.25) is 5.12 Å². The van der Waals surface area contributed by atoms with Crippen molar-refractivity contribution in [3.63, 3.8) is 0 Å². The van der Waals surface area contributed by atoms with Gasteiger partial charge >= 0.3 is 0 Å². The maximum Gasteiger partial charge on any atom is 0.208 e. The summed E-state index contributed by atoms with van der Waals surface area (Å²) in [6.45, 7) is 3.13. The first-order chi connectivity index (χ1) is 2.27. The Hall–Kier alpha value is -0.240. The SMILES string of the molecule is C=CC(=O)S. The predicted molar refractivity (Wildman–Crippen MR) is 24.2 cm³/mol. The summed E-state index contributed by atoms with van der Waals surface area (Å²) >= 11 is 3.34. The fraction of sp³-hybridized carbons (Fsp3) is 0. The van der Waals surface area contributed by atoms with Crippen molar-refractivity contribution in [1.82, 2.24) is 0 Å². The molecule has 1 nitrogen and oxygen atoms in total. The molecule has 0 aromatic carbocycles. The summed E-state index contributed by atoms with van der Waals surface area (Å²) in [4.78, 5) is 9.56. The lowest BCUT2D eigenvalue weighted by Crippen LogP contribution is -1.68. The Bertz CT molecular complexity index is 57.9. The van der Waals surface area contributed by atoms with Crippen LogP contribution in [0.15, 0.2) is 12.7 Å². The Morgan fingerprint density at radius 3 is 2.20 bits per heavy atom. The third-order valence-electron chi connectivity index (χ3n) is 0.175. The fourth-order valence-corrected chi connectivity index (χ4v) is 0. The highest BCUT2D eigenvalue weighted by atomic mass is 32.1. The second-order valence-corrected chi connectivity index (χ2v) is 0.983. The monoisotopic (exact) mass is 88.0 g/mol. The van der Waals surface area contributed by atoms with Crippen LogP contribution in [-0.4, -0.2) is 5.12 Å². The van der Waals surface area contributed by atoms with Crippen molar-refractivity contribution < 1.29 is 4.79 Å². The van der Waals surface area contributed by atoms with Gasteiger partial charge in [-0.05, 0) is 6.08 Å². The largest absolute Gasteiger partial charge is 0.283 e. The zero-order valence-corrected chi connectivity index (χ0v) is 3.53. The predicted octanol–water partition coefficient (Wildman–Crippen LogP) is 0.629. The van der Waals surface area contributed by atoms with E-state index in [1.807, 2.05) is 0 Å². The molecule has 0 atom stereocenters. The highest BCUT2D eigenvalue weighted by Crippen LogP contribution is 1.72. The van der Waals surface area contributed by atoms with E-state index in [9.17, 15) is 4.79 Å². The van der Waals surface area contributed by atoms with E-state index >= 15 is 0 Å². The van der Waals surface area contributed by atoms with Crippen LogP contribution in [0.4, 0.5) is 0 Å². The van der Waals surface area contributed by atoms with Crippen LogP contribution in [0, 0.1) is 0 Å². The Kier molecular flexibility index (Phi) is 1.93. The van der Waals surface area contributed by atoms with Gasteiger partial charge in [-0.25, -0.2) is 0 Å². The summed E-state index contributed by atoms with van der Waals surface area (Å²) < 4.78 is 0. The van der Waals surface area contributed by atoms with Gasteiger partial charge in [-0.15, -0.1) is 12.6 Å². The lowest BCUT2D eigenvalue weighted by Gasteiger charge is -1.61. The standard InChI is InChI=1S/C3H4OS/c1-2-3(4)5/h2H,1H2,(H,4,5). The van der Waals surface area contributed by atoms with Crippen LogP contribution in [0.5, 0.6) is 0 Å². The molecule has 5 heavy (non-hydrogen) atoms. The molecular weight excluding hydrogens is 84.1 g/mol. The molecule has 0 saturated carbocycles. The molecule has 0 bridgehead atoms. The maximum atomic E-state index is 9.56. The van der Waals surface area contributed by atoms with Crippen LogP contribution < -0.4 is 0 Å². The quantitative estimate of drug-likeness (QED) is 0.367. The molecule has 0 N–H and O–H groups in total. The van der Waals surface area contributed by atoms with Crippen molar-refractivity contribution in [3.8, 4) is 0 Å². The molecule has 0 aliphatic carbocycles. The van der Waals surface area contributed by atoms with Crippen LogP contribution in [0.1, 0.15) is 0 Å². The average molecular weight is 88.1 g/mol.